The van der Waals surface area contributed by atoms with Crippen LogP contribution in [0.15, 0.2) is 60.7 Å². The first-order valence-electron chi connectivity index (χ1n) is 10.0. The molecule has 4 heteroatoms. The number of imide groups is 1. The van der Waals surface area contributed by atoms with E-state index in [1.807, 2.05) is 55.5 Å². The van der Waals surface area contributed by atoms with Crippen molar-refractivity contribution in [1.29, 1.82) is 0 Å². The lowest BCUT2D eigenvalue weighted by Gasteiger charge is -2.37. The van der Waals surface area contributed by atoms with Gasteiger partial charge in [-0.25, -0.2) is 0 Å². The minimum absolute atomic E-state index is 0.0212. The number of hydrogen-bond donors (Lipinski definition) is 0. The summed E-state index contributed by atoms with van der Waals surface area (Å²) in [5.41, 5.74) is 1.78. The van der Waals surface area contributed by atoms with Crippen LogP contribution < -0.4 is 9.64 Å². The zero-order chi connectivity index (χ0) is 19.0. The van der Waals surface area contributed by atoms with Gasteiger partial charge >= 0.3 is 0 Å². The van der Waals surface area contributed by atoms with E-state index in [2.05, 4.69) is 12.2 Å². The van der Waals surface area contributed by atoms with Crippen molar-refractivity contribution in [2.75, 3.05) is 4.90 Å². The number of anilines is 1. The van der Waals surface area contributed by atoms with Crippen LogP contribution in [0, 0.1) is 42.4 Å². The van der Waals surface area contributed by atoms with Crippen LogP contribution in [-0.2, 0) is 9.59 Å². The third-order valence-corrected chi connectivity index (χ3v) is 6.98. The Hall–Kier alpha value is -2.88. The van der Waals surface area contributed by atoms with Gasteiger partial charge in [0.15, 0.2) is 0 Å². The molecule has 6 atom stereocenters. The van der Waals surface area contributed by atoms with Crippen molar-refractivity contribution in [2.45, 2.75) is 13.3 Å². The van der Waals surface area contributed by atoms with Crippen LogP contribution in [0.5, 0.6) is 11.5 Å². The minimum atomic E-state index is -0.158. The van der Waals surface area contributed by atoms with E-state index < -0.39 is 0 Å². The molecule has 0 unspecified atom stereocenters. The first kappa shape index (κ1) is 16.1. The fraction of sp³-hybridized carbons (Fsp3) is 0.333. The number of nitrogens with zero attached hydrogens (tertiary/aromatic N) is 1. The molecule has 1 saturated heterocycles. The molecule has 2 aromatic rings. The number of amides is 2. The summed E-state index contributed by atoms with van der Waals surface area (Å²) in [7, 11) is 0. The fourth-order valence-electron chi connectivity index (χ4n) is 5.69. The van der Waals surface area contributed by atoms with E-state index >= 15 is 0 Å². The highest BCUT2D eigenvalue weighted by Gasteiger charge is 2.67. The van der Waals surface area contributed by atoms with Crippen molar-refractivity contribution in [3.63, 3.8) is 0 Å². The summed E-state index contributed by atoms with van der Waals surface area (Å²) < 4.78 is 5.89. The zero-order valence-electron chi connectivity index (χ0n) is 15.6. The van der Waals surface area contributed by atoms with E-state index in [-0.39, 0.29) is 35.5 Å². The Bertz CT molecular complexity index is 988. The van der Waals surface area contributed by atoms with Gasteiger partial charge in [0, 0.05) is 0 Å². The molecule has 0 spiro atoms. The van der Waals surface area contributed by atoms with Gasteiger partial charge in [0.2, 0.25) is 11.8 Å². The third-order valence-electron chi connectivity index (χ3n) is 6.98. The molecule has 0 aromatic heterocycles. The summed E-state index contributed by atoms with van der Waals surface area (Å²) in [6, 6.07) is 15.1. The van der Waals surface area contributed by atoms with Gasteiger partial charge in [0.1, 0.15) is 11.5 Å². The maximum atomic E-state index is 13.2. The van der Waals surface area contributed by atoms with Crippen LogP contribution in [0.4, 0.5) is 5.69 Å². The molecule has 2 amide bonds. The Kier molecular flexibility index (Phi) is 3.20. The quantitative estimate of drug-likeness (QED) is 0.595. The van der Waals surface area contributed by atoms with Gasteiger partial charge in [-0.1, -0.05) is 24.3 Å². The van der Waals surface area contributed by atoms with Crippen molar-refractivity contribution in [1.82, 2.24) is 0 Å². The van der Waals surface area contributed by atoms with E-state index in [0.29, 0.717) is 23.3 Å². The summed E-state index contributed by atoms with van der Waals surface area (Å²) in [5, 5.41) is 0. The number of carbonyl (C=O) groups is 2. The van der Waals surface area contributed by atoms with Crippen molar-refractivity contribution in [2.24, 2.45) is 35.5 Å². The standard InChI is InChI=1S/C24H21NO3/c1-13-3-2-4-16(11-13)28-15-7-5-14(6-8-15)25-23(26)21-17-9-10-18(20-12-19(17)20)22(21)24(25)27/h2-11,17-22H,12H2,1H3/t17-,18-,19-,20+,21+,22+/m1/s1. The highest BCUT2D eigenvalue weighted by molar-refractivity contribution is 6.22. The maximum absolute atomic E-state index is 13.2. The number of rotatable bonds is 3. The number of benzene rings is 2. The molecule has 2 aromatic carbocycles. The molecular formula is C24H21NO3. The second-order valence-corrected chi connectivity index (χ2v) is 8.58. The Morgan fingerprint density at radius 3 is 2.11 bits per heavy atom. The molecule has 28 heavy (non-hydrogen) atoms. The first-order chi connectivity index (χ1) is 13.6. The average Bonchev–Trinajstić information content (AvgIpc) is 3.47. The predicted molar refractivity (Wildman–Crippen MR) is 105 cm³/mol. The van der Waals surface area contributed by atoms with E-state index in [0.717, 1.165) is 11.3 Å². The summed E-state index contributed by atoms with van der Waals surface area (Å²) in [6.45, 7) is 2.02. The van der Waals surface area contributed by atoms with E-state index in [4.69, 9.17) is 4.74 Å². The second-order valence-electron chi connectivity index (χ2n) is 8.58. The molecule has 140 valence electrons. The lowest BCUT2D eigenvalue weighted by atomic mass is 9.63. The summed E-state index contributed by atoms with van der Waals surface area (Å²) >= 11 is 0. The Morgan fingerprint density at radius 1 is 0.857 bits per heavy atom. The molecule has 4 aliphatic carbocycles. The molecule has 1 aliphatic heterocycles. The van der Waals surface area contributed by atoms with Gasteiger partial charge in [0.05, 0.1) is 17.5 Å². The van der Waals surface area contributed by atoms with E-state index in [9.17, 15) is 9.59 Å². The third kappa shape index (κ3) is 2.17. The van der Waals surface area contributed by atoms with Crippen LogP contribution in [0.3, 0.4) is 0 Å². The molecule has 2 saturated carbocycles. The van der Waals surface area contributed by atoms with Gasteiger partial charge in [-0.3, -0.25) is 14.5 Å². The number of hydrogen-bond acceptors (Lipinski definition) is 3. The highest BCUT2D eigenvalue weighted by Crippen LogP contribution is 2.65. The van der Waals surface area contributed by atoms with Crippen LogP contribution in [-0.4, -0.2) is 11.8 Å². The van der Waals surface area contributed by atoms with Gasteiger partial charge in [-0.15, -0.1) is 0 Å². The normalized spacial score (nSPS) is 34.4. The molecule has 7 rings (SSSR count). The van der Waals surface area contributed by atoms with Crippen molar-refractivity contribution in [3.05, 3.63) is 66.2 Å². The molecule has 4 nitrogen and oxygen atoms in total. The van der Waals surface area contributed by atoms with Gasteiger partial charge in [-0.2, -0.15) is 0 Å². The monoisotopic (exact) mass is 371 g/mol. The molecule has 3 fully saturated rings. The minimum Gasteiger partial charge on any atom is -0.457 e. The maximum Gasteiger partial charge on any atom is 0.238 e. The summed E-state index contributed by atoms with van der Waals surface area (Å²) in [4.78, 5) is 27.7. The number of allylic oxidation sites excluding steroid dienone is 2. The number of ether oxygens (including phenoxy) is 1. The lowest BCUT2D eigenvalue weighted by molar-refractivity contribution is -0.124. The van der Waals surface area contributed by atoms with Crippen LogP contribution in [0.1, 0.15) is 12.0 Å². The van der Waals surface area contributed by atoms with Gasteiger partial charge in [-0.05, 0) is 79.0 Å². The van der Waals surface area contributed by atoms with Crippen molar-refractivity contribution in [3.8, 4) is 11.5 Å². The van der Waals surface area contributed by atoms with Crippen LogP contribution >= 0.6 is 0 Å². The molecule has 1 heterocycles. The smallest absolute Gasteiger partial charge is 0.238 e. The lowest BCUT2D eigenvalue weighted by Crippen LogP contribution is -2.40. The van der Waals surface area contributed by atoms with Gasteiger partial charge < -0.3 is 4.74 Å². The zero-order valence-corrected chi connectivity index (χ0v) is 15.6. The van der Waals surface area contributed by atoms with Crippen LogP contribution in [0.25, 0.3) is 0 Å². The average molecular weight is 371 g/mol. The fourth-order valence-corrected chi connectivity index (χ4v) is 5.69. The van der Waals surface area contributed by atoms with Crippen LogP contribution in [0.2, 0.25) is 0 Å². The molecule has 5 aliphatic rings. The SMILES string of the molecule is Cc1cccc(Oc2ccc(N3C(=O)[C@H]4[C@@H]5C=C[C@H]([C@@H]6C[C@H]56)[C@@H]4C3=O)cc2)c1. The second kappa shape index (κ2) is 5.57. The van der Waals surface area contributed by atoms with E-state index in [1.165, 1.54) is 11.3 Å². The largest absolute Gasteiger partial charge is 0.457 e. The van der Waals surface area contributed by atoms with Gasteiger partial charge in [0.25, 0.3) is 0 Å². The highest BCUT2D eigenvalue weighted by atomic mass is 16.5. The molecule has 2 bridgehead atoms. The Labute approximate surface area is 163 Å². The Balaban J connectivity index is 1.27. The summed E-state index contributed by atoms with van der Waals surface area (Å²) in [5.74, 6) is 2.86. The van der Waals surface area contributed by atoms with Crippen molar-refractivity contribution < 1.29 is 14.3 Å². The number of aryl methyl sites for hydroxylation is 1. The first-order valence-corrected chi connectivity index (χ1v) is 10.0. The van der Waals surface area contributed by atoms with E-state index in [1.54, 1.807) is 0 Å². The predicted octanol–water partition coefficient (Wildman–Crippen LogP) is 4.34. The Morgan fingerprint density at radius 2 is 1.50 bits per heavy atom. The summed E-state index contributed by atoms with van der Waals surface area (Å²) in [6.07, 6.45) is 5.59. The number of carbonyl (C=O) groups excluding carboxylic acids is 2. The molecular weight excluding hydrogens is 350 g/mol. The molecule has 0 N–H and O–H groups in total. The van der Waals surface area contributed by atoms with Crippen molar-refractivity contribution >= 4 is 17.5 Å². The molecule has 0 radical (unpaired) electrons. The topological polar surface area (TPSA) is 46.6 Å².